The summed E-state index contributed by atoms with van der Waals surface area (Å²) in [6, 6.07) is 0. The van der Waals surface area contributed by atoms with Crippen LogP contribution in [0.5, 0.6) is 0 Å². The standard InChI is InChI=1S/C27H55NO3Si2/c1-14-29-24-21-23(17-15-19-30-32(10,11)25(2,3)4)27(22-24,28(8)9)18-16-20-31-33(12,13)26(5,6)7/h21-22H,14-20H2,1-13H3. The average molecular weight is 498 g/mol. The molecule has 33 heavy (non-hydrogen) atoms. The number of likely N-dealkylation sites (N-methyl/N-ethyl adjacent to an activating group) is 1. The van der Waals surface area contributed by atoms with Crippen LogP contribution in [0.2, 0.25) is 36.3 Å². The molecule has 0 heterocycles. The molecule has 0 fully saturated rings. The van der Waals surface area contributed by atoms with Gasteiger partial charge in [-0.05, 0) is 101 Å². The molecule has 1 atom stereocenters. The molecule has 1 rings (SSSR count). The maximum atomic E-state index is 6.49. The fraction of sp³-hybridized carbons (Fsp3) is 0.852. The van der Waals surface area contributed by atoms with E-state index >= 15 is 0 Å². The van der Waals surface area contributed by atoms with E-state index in [0.717, 1.165) is 44.7 Å². The first-order chi connectivity index (χ1) is 14.9. The molecule has 0 spiro atoms. The van der Waals surface area contributed by atoms with Crippen LogP contribution in [0.1, 0.15) is 74.1 Å². The van der Waals surface area contributed by atoms with Crippen LogP contribution in [-0.2, 0) is 13.6 Å². The Bertz CT molecular complexity index is 684. The first kappa shape index (κ1) is 30.6. The fourth-order valence-corrected chi connectivity index (χ4v) is 5.94. The van der Waals surface area contributed by atoms with Crippen molar-refractivity contribution in [3.05, 3.63) is 23.5 Å². The minimum atomic E-state index is -1.72. The molecule has 6 heteroatoms. The van der Waals surface area contributed by atoms with Gasteiger partial charge < -0.3 is 13.6 Å². The van der Waals surface area contributed by atoms with E-state index in [-0.39, 0.29) is 15.6 Å². The summed E-state index contributed by atoms with van der Waals surface area (Å²) < 4.78 is 18.9. The van der Waals surface area contributed by atoms with Crippen LogP contribution in [0.4, 0.5) is 0 Å². The molecular weight excluding hydrogens is 442 g/mol. The second kappa shape index (κ2) is 11.6. The Balaban J connectivity index is 2.86. The maximum absolute atomic E-state index is 6.49. The van der Waals surface area contributed by atoms with E-state index in [1.807, 2.05) is 0 Å². The van der Waals surface area contributed by atoms with E-state index in [0.29, 0.717) is 6.61 Å². The van der Waals surface area contributed by atoms with E-state index < -0.39 is 16.6 Å². The number of nitrogens with zero attached hydrogens (tertiary/aromatic N) is 1. The number of hydrogen-bond acceptors (Lipinski definition) is 4. The van der Waals surface area contributed by atoms with Gasteiger partial charge >= 0.3 is 0 Å². The van der Waals surface area contributed by atoms with Crippen LogP contribution >= 0.6 is 0 Å². The van der Waals surface area contributed by atoms with Crippen LogP contribution in [0.3, 0.4) is 0 Å². The lowest BCUT2D eigenvalue weighted by Crippen LogP contribution is -2.44. The summed E-state index contributed by atoms with van der Waals surface area (Å²) in [5, 5.41) is 0.498. The van der Waals surface area contributed by atoms with Gasteiger partial charge in [0.2, 0.25) is 0 Å². The SMILES string of the molecule is CCOC1=CC(CCCO[Si](C)(C)C(C)(C)C)(N(C)C)C(CCCO[Si](C)(C)C(C)(C)C)=C1. The summed E-state index contributed by atoms with van der Waals surface area (Å²) in [5.74, 6) is 1.01. The highest BCUT2D eigenvalue weighted by Crippen LogP contribution is 2.41. The third-order valence-electron chi connectivity index (χ3n) is 8.19. The zero-order chi connectivity index (χ0) is 25.7. The average Bonchev–Trinajstić information content (AvgIpc) is 2.99. The van der Waals surface area contributed by atoms with Crippen LogP contribution in [0.25, 0.3) is 0 Å². The molecular formula is C27H55NO3Si2. The number of ether oxygens (including phenoxy) is 1. The Labute approximate surface area is 208 Å². The van der Waals surface area contributed by atoms with Crippen molar-refractivity contribution in [3.63, 3.8) is 0 Å². The lowest BCUT2D eigenvalue weighted by atomic mass is 9.84. The Morgan fingerprint density at radius 2 is 1.33 bits per heavy atom. The first-order valence-corrected chi connectivity index (χ1v) is 18.7. The van der Waals surface area contributed by atoms with Crippen molar-refractivity contribution in [2.45, 2.75) is 116 Å². The summed E-state index contributed by atoms with van der Waals surface area (Å²) >= 11 is 0. The van der Waals surface area contributed by atoms with E-state index in [4.69, 9.17) is 13.6 Å². The second-order valence-electron chi connectivity index (χ2n) is 12.9. The van der Waals surface area contributed by atoms with Gasteiger partial charge in [0.1, 0.15) is 5.76 Å². The molecule has 0 aliphatic heterocycles. The van der Waals surface area contributed by atoms with Crippen molar-refractivity contribution in [2.24, 2.45) is 0 Å². The molecule has 0 bridgehead atoms. The largest absolute Gasteiger partial charge is 0.494 e. The van der Waals surface area contributed by atoms with Crippen molar-refractivity contribution >= 4 is 16.6 Å². The molecule has 1 aliphatic carbocycles. The molecule has 1 unspecified atom stereocenters. The topological polar surface area (TPSA) is 30.9 Å². The molecule has 0 N–H and O–H groups in total. The summed E-state index contributed by atoms with van der Waals surface area (Å²) in [4.78, 5) is 2.37. The number of rotatable bonds is 13. The highest BCUT2D eigenvalue weighted by atomic mass is 28.4. The molecule has 0 radical (unpaired) electrons. The fourth-order valence-electron chi connectivity index (χ4n) is 3.77. The van der Waals surface area contributed by atoms with Crippen molar-refractivity contribution < 1.29 is 13.6 Å². The minimum Gasteiger partial charge on any atom is -0.494 e. The van der Waals surface area contributed by atoms with E-state index in [2.05, 4.69) is 106 Å². The molecule has 0 aromatic heterocycles. The third-order valence-corrected chi connectivity index (χ3v) is 17.3. The molecule has 194 valence electrons. The minimum absolute atomic E-state index is 0.0989. The van der Waals surface area contributed by atoms with Crippen molar-refractivity contribution in [2.75, 3.05) is 33.9 Å². The lowest BCUT2D eigenvalue weighted by Gasteiger charge is -2.39. The van der Waals surface area contributed by atoms with E-state index in [1.54, 1.807) is 0 Å². The Morgan fingerprint density at radius 3 is 1.76 bits per heavy atom. The molecule has 0 saturated carbocycles. The molecule has 0 amide bonds. The maximum Gasteiger partial charge on any atom is 0.191 e. The van der Waals surface area contributed by atoms with Crippen molar-refractivity contribution in [1.29, 1.82) is 0 Å². The van der Waals surface area contributed by atoms with Gasteiger partial charge in [0.05, 0.1) is 12.1 Å². The van der Waals surface area contributed by atoms with E-state index in [1.165, 1.54) is 5.57 Å². The normalized spacial score (nSPS) is 20.3. The summed E-state index contributed by atoms with van der Waals surface area (Å²) in [6.07, 6.45) is 8.78. The van der Waals surface area contributed by atoms with Gasteiger partial charge in [-0.15, -0.1) is 0 Å². The lowest BCUT2D eigenvalue weighted by molar-refractivity contribution is 0.194. The summed E-state index contributed by atoms with van der Waals surface area (Å²) in [6.45, 7) is 27.6. The monoisotopic (exact) mass is 497 g/mol. The van der Waals surface area contributed by atoms with Gasteiger partial charge in [0.15, 0.2) is 16.6 Å². The Kier molecular flexibility index (Phi) is 10.7. The van der Waals surface area contributed by atoms with Crippen LogP contribution in [0, 0.1) is 0 Å². The first-order valence-electron chi connectivity index (χ1n) is 12.9. The zero-order valence-electron chi connectivity index (χ0n) is 24.3. The Morgan fingerprint density at radius 1 is 0.848 bits per heavy atom. The number of hydrogen-bond donors (Lipinski definition) is 0. The number of allylic oxidation sites excluding steroid dienone is 1. The van der Waals surface area contributed by atoms with Crippen molar-refractivity contribution in [1.82, 2.24) is 4.90 Å². The Hall–Kier alpha value is -0.406. The van der Waals surface area contributed by atoms with Crippen LogP contribution in [0.15, 0.2) is 23.5 Å². The molecule has 1 aliphatic rings. The van der Waals surface area contributed by atoms with Gasteiger partial charge in [-0.1, -0.05) is 41.5 Å². The van der Waals surface area contributed by atoms with Crippen LogP contribution < -0.4 is 0 Å². The van der Waals surface area contributed by atoms with E-state index in [9.17, 15) is 0 Å². The second-order valence-corrected chi connectivity index (χ2v) is 22.5. The summed E-state index contributed by atoms with van der Waals surface area (Å²) in [7, 11) is 0.967. The quantitative estimate of drug-likeness (QED) is 0.192. The summed E-state index contributed by atoms with van der Waals surface area (Å²) in [5.41, 5.74) is 1.35. The molecule has 4 nitrogen and oxygen atoms in total. The smallest absolute Gasteiger partial charge is 0.191 e. The van der Waals surface area contributed by atoms with Gasteiger partial charge in [0, 0.05) is 13.2 Å². The predicted molar refractivity (Wildman–Crippen MR) is 149 cm³/mol. The highest BCUT2D eigenvalue weighted by Gasteiger charge is 2.41. The molecule has 0 aromatic rings. The predicted octanol–water partition coefficient (Wildman–Crippen LogP) is 7.75. The van der Waals surface area contributed by atoms with Crippen LogP contribution in [-0.4, -0.2) is 61.0 Å². The van der Waals surface area contributed by atoms with Gasteiger partial charge in [-0.3, -0.25) is 4.90 Å². The third kappa shape index (κ3) is 8.06. The van der Waals surface area contributed by atoms with Gasteiger partial charge in [0.25, 0.3) is 0 Å². The van der Waals surface area contributed by atoms with Gasteiger partial charge in [-0.25, -0.2) is 0 Å². The highest BCUT2D eigenvalue weighted by molar-refractivity contribution is 6.74. The van der Waals surface area contributed by atoms with Gasteiger partial charge in [-0.2, -0.15) is 0 Å². The molecule has 0 aromatic carbocycles. The molecule has 0 saturated heterocycles. The zero-order valence-corrected chi connectivity index (χ0v) is 26.3. The van der Waals surface area contributed by atoms with Crippen molar-refractivity contribution in [3.8, 4) is 0 Å².